The molecule has 0 bridgehead atoms. The Kier molecular flexibility index (Phi) is 8.24. The first-order chi connectivity index (χ1) is 15.1. The van der Waals surface area contributed by atoms with Gasteiger partial charge in [0.1, 0.15) is 12.4 Å². The molecule has 1 saturated heterocycles. The van der Waals surface area contributed by atoms with Gasteiger partial charge in [-0.1, -0.05) is 38.1 Å². The van der Waals surface area contributed by atoms with Crippen molar-refractivity contribution in [2.45, 2.75) is 26.7 Å². The molecule has 0 atom stereocenters. The van der Waals surface area contributed by atoms with E-state index in [1.165, 1.54) is 6.08 Å². The van der Waals surface area contributed by atoms with Crippen molar-refractivity contribution < 1.29 is 14.3 Å². The van der Waals surface area contributed by atoms with Gasteiger partial charge in [-0.05, 0) is 55.4 Å². The summed E-state index contributed by atoms with van der Waals surface area (Å²) < 4.78 is 5.89. The summed E-state index contributed by atoms with van der Waals surface area (Å²) in [5, 5.41) is 2.89. The van der Waals surface area contributed by atoms with E-state index in [9.17, 15) is 9.59 Å². The zero-order valence-corrected chi connectivity index (χ0v) is 18.3. The van der Waals surface area contributed by atoms with E-state index in [-0.39, 0.29) is 11.8 Å². The second-order valence-corrected chi connectivity index (χ2v) is 7.43. The minimum atomic E-state index is -0.224. The van der Waals surface area contributed by atoms with Crippen LogP contribution in [0.15, 0.2) is 54.6 Å². The molecule has 2 aromatic carbocycles. The Bertz CT molecular complexity index is 904. The van der Waals surface area contributed by atoms with Gasteiger partial charge >= 0.3 is 0 Å². The summed E-state index contributed by atoms with van der Waals surface area (Å²) >= 11 is 0. The normalized spacial score (nSPS) is 13.9. The number of hydrogen-bond acceptors (Lipinski definition) is 4. The smallest absolute Gasteiger partial charge is 0.248 e. The van der Waals surface area contributed by atoms with E-state index in [0.29, 0.717) is 24.5 Å². The third-order valence-electron chi connectivity index (χ3n) is 5.41. The number of carbonyl (C=O) groups excluding carboxylic acids is 2. The molecule has 1 fully saturated rings. The fourth-order valence-electron chi connectivity index (χ4n) is 3.55. The highest BCUT2D eigenvalue weighted by atomic mass is 16.5. The fraction of sp³-hybridized carbons (Fsp3) is 0.360. The van der Waals surface area contributed by atoms with Gasteiger partial charge in [-0.15, -0.1) is 0 Å². The first kappa shape index (κ1) is 22.6. The van der Waals surface area contributed by atoms with Gasteiger partial charge in [0, 0.05) is 31.3 Å². The van der Waals surface area contributed by atoms with Crippen LogP contribution in [-0.4, -0.2) is 49.5 Å². The van der Waals surface area contributed by atoms with Crippen LogP contribution >= 0.6 is 0 Å². The third-order valence-corrected chi connectivity index (χ3v) is 5.41. The molecule has 0 unspecified atom stereocenters. The Hall–Kier alpha value is -3.12. The summed E-state index contributed by atoms with van der Waals surface area (Å²) in [7, 11) is 0. The van der Waals surface area contributed by atoms with Gasteiger partial charge in [-0.3, -0.25) is 9.59 Å². The maximum Gasteiger partial charge on any atom is 0.248 e. The maximum atomic E-state index is 12.4. The van der Waals surface area contributed by atoms with Crippen LogP contribution in [0.25, 0.3) is 6.08 Å². The number of nitrogens with zero attached hydrogens (tertiary/aromatic N) is 2. The Morgan fingerprint density at radius 3 is 2.55 bits per heavy atom. The summed E-state index contributed by atoms with van der Waals surface area (Å²) in [5.74, 6) is 0.607. The van der Waals surface area contributed by atoms with Crippen molar-refractivity contribution in [1.29, 1.82) is 0 Å². The summed E-state index contributed by atoms with van der Waals surface area (Å²) in [6.07, 6.45) is 4.78. The lowest BCUT2D eigenvalue weighted by Gasteiger charge is -2.19. The minimum Gasteiger partial charge on any atom is -0.490 e. The van der Waals surface area contributed by atoms with Gasteiger partial charge < -0.3 is 19.9 Å². The topological polar surface area (TPSA) is 61.9 Å². The Morgan fingerprint density at radius 2 is 1.87 bits per heavy atom. The number of nitrogens with one attached hydrogen (secondary N) is 1. The molecule has 6 heteroatoms. The van der Waals surface area contributed by atoms with E-state index < -0.39 is 0 Å². The molecule has 0 radical (unpaired) electrons. The molecule has 3 rings (SSSR count). The molecule has 6 nitrogen and oxygen atoms in total. The predicted molar refractivity (Wildman–Crippen MR) is 125 cm³/mol. The second kappa shape index (κ2) is 11.3. The molecule has 0 aromatic heterocycles. The summed E-state index contributed by atoms with van der Waals surface area (Å²) in [6, 6.07) is 15.1. The van der Waals surface area contributed by atoms with E-state index in [4.69, 9.17) is 4.74 Å². The highest BCUT2D eigenvalue weighted by molar-refractivity contribution is 6.02. The van der Waals surface area contributed by atoms with Crippen LogP contribution in [0.4, 0.5) is 11.4 Å². The average Bonchev–Trinajstić information content (AvgIpc) is 3.22. The Morgan fingerprint density at radius 1 is 1.13 bits per heavy atom. The highest BCUT2D eigenvalue weighted by Gasteiger charge is 2.21. The van der Waals surface area contributed by atoms with Gasteiger partial charge in [0.15, 0.2) is 0 Å². The quantitative estimate of drug-likeness (QED) is 0.585. The number of para-hydroxylation sites is 2. The molecule has 0 aliphatic carbocycles. The lowest BCUT2D eigenvalue weighted by molar-refractivity contribution is -0.117. The molecule has 164 valence electrons. The van der Waals surface area contributed by atoms with Crippen LogP contribution in [0.1, 0.15) is 32.3 Å². The van der Waals surface area contributed by atoms with Gasteiger partial charge in [0.25, 0.3) is 0 Å². The number of amides is 2. The average molecular weight is 422 g/mol. The zero-order valence-electron chi connectivity index (χ0n) is 18.3. The van der Waals surface area contributed by atoms with Crippen molar-refractivity contribution >= 4 is 29.3 Å². The lowest BCUT2D eigenvalue weighted by Crippen LogP contribution is -2.28. The van der Waals surface area contributed by atoms with Gasteiger partial charge in [0.2, 0.25) is 11.8 Å². The minimum absolute atomic E-state index is 0.167. The molecular weight excluding hydrogens is 390 g/mol. The highest BCUT2D eigenvalue weighted by Crippen LogP contribution is 2.24. The van der Waals surface area contributed by atoms with Gasteiger partial charge in [-0.25, -0.2) is 0 Å². The molecular formula is C25H31N3O3. The maximum absolute atomic E-state index is 12.4. The number of hydrogen-bond donors (Lipinski definition) is 1. The van der Waals surface area contributed by atoms with Crippen molar-refractivity contribution in [2.24, 2.45) is 0 Å². The molecule has 1 aliphatic heterocycles. The Balaban J connectivity index is 1.55. The monoisotopic (exact) mass is 421 g/mol. The molecule has 31 heavy (non-hydrogen) atoms. The van der Waals surface area contributed by atoms with Crippen LogP contribution in [0.3, 0.4) is 0 Å². The molecule has 1 heterocycles. The van der Waals surface area contributed by atoms with Crippen LogP contribution in [0, 0.1) is 0 Å². The summed E-state index contributed by atoms with van der Waals surface area (Å²) in [4.78, 5) is 28.4. The number of ether oxygens (including phenoxy) is 1. The first-order valence-corrected chi connectivity index (χ1v) is 10.9. The van der Waals surface area contributed by atoms with Crippen LogP contribution in [-0.2, 0) is 9.59 Å². The van der Waals surface area contributed by atoms with Crippen molar-refractivity contribution in [3.8, 4) is 5.75 Å². The van der Waals surface area contributed by atoms with Gasteiger partial charge in [0.05, 0.1) is 5.69 Å². The Labute approximate surface area is 184 Å². The van der Waals surface area contributed by atoms with Gasteiger partial charge in [-0.2, -0.15) is 0 Å². The standard InChI is InChI=1S/C25H31N3O3/c1-3-27(4-2)18-19-31-23-9-6-5-8-22(23)26-24(29)16-13-20-11-14-21(15-12-20)28-17-7-10-25(28)30/h5-6,8-9,11-16H,3-4,7,10,17-19H2,1-2H3,(H,26,29)/b16-13+. The first-order valence-electron chi connectivity index (χ1n) is 10.9. The number of likely N-dealkylation sites (N-methyl/N-ethyl adjacent to an activating group) is 1. The van der Waals surface area contributed by atoms with Crippen molar-refractivity contribution in [2.75, 3.05) is 43.0 Å². The summed E-state index contributed by atoms with van der Waals surface area (Å²) in [6.45, 7) is 8.40. The van der Waals surface area contributed by atoms with E-state index in [2.05, 4.69) is 24.1 Å². The van der Waals surface area contributed by atoms with E-state index in [0.717, 1.165) is 43.9 Å². The van der Waals surface area contributed by atoms with Crippen molar-refractivity contribution in [1.82, 2.24) is 4.90 Å². The fourth-order valence-corrected chi connectivity index (χ4v) is 3.55. The predicted octanol–water partition coefficient (Wildman–Crippen LogP) is 4.19. The molecule has 1 aliphatic rings. The largest absolute Gasteiger partial charge is 0.490 e. The van der Waals surface area contributed by atoms with Crippen LogP contribution < -0.4 is 15.0 Å². The SMILES string of the molecule is CCN(CC)CCOc1ccccc1NC(=O)/C=C/c1ccc(N2CCCC2=O)cc1. The molecule has 1 N–H and O–H groups in total. The zero-order chi connectivity index (χ0) is 22.1. The number of carbonyl (C=O) groups is 2. The molecule has 2 aromatic rings. The van der Waals surface area contributed by atoms with Crippen molar-refractivity contribution in [3.05, 3.63) is 60.2 Å². The number of rotatable bonds is 10. The molecule has 2 amide bonds. The second-order valence-electron chi connectivity index (χ2n) is 7.43. The van der Waals surface area contributed by atoms with Crippen LogP contribution in [0.5, 0.6) is 5.75 Å². The van der Waals surface area contributed by atoms with E-state index in [1.807, 2.05) is 48.5 Å². The molecule has 0 spiro atoms. The summed E-state index contributed by atoms with van der Waals surface area (Å²) in [5.41, 5.74) is 2.45. The van der Waals surface area contributed by atoms with E-state index in [1.54, 1.807) is 11.0 Å². The number of anilines is 2. The van der Waals surface area contributed by atoms with Crippen molar-refractivity contribution in [3.63, 3.8) is 0 Å². The van der Waals surface area contributed by atoms with E-state index >= 15 is 0 Å². The lowest BCUT2D eigenvalue weighted by atomic mass is 10.2. The van der Waals surface area contributed by atoms with Crippen LogP contribution in [0.2, 0.25) is 0 Å². The number of benzene rings is 2. The molecule has 0 saturated carbocycles. The third kappa shape index (κ3) is 6.43.